The van der Waals surface area contributed by atoms with Crippen LogP contribution in [0.25, 0.3) is 20.8 Å². The van der Waals surface area contributed by atoms with Gasteiger partial charge in [0.25, 0.3) is 5.01 Å². The first-order valence-electron chi connectivity index (χ1n) is 9.56. The van der Waals surface area contributed by atoms with E-state index >= 15 is 0 Å². The summed E-state index contributed by atoms with van der Waals surface area (Å²) >= 11 is 1.83. The van der Waals surface area contributed by atoms with Crippen LogP contribution in [0.3, 0.4) is 0 Å². The highest BCUT2D eigenvalue weighted by molar-refractivity contribution is 7.21. The van der Waals surface area contributed by atoms with Gasteiger partial charge in [0.1, 0.15) is 10.4 Å². The van der Waals surface area contributed by atoms with Crippen LogP contribution in [-0.4, -0.2) is 20.7 Å². The van der Waals surface area contributed by atoms with E-state index in [1.165, 1.54) is 32.0 Å². The van der Waals surface area contributed by atoms with Gasteiger partial charge in [-0.15, -0.1) is 0 Å². The molecule has 5 heteroatoms. The van der Waals surface area contributed by atoms with Crippen LogP contribution in [0, 0.1) is 0 Å². The van der Waals surface area contributed by atoms with E-state index in [9.17, 15) is 0 Å². The summed E-state index contributed by atoms with van der Waals surface area (Å²) in [5, 5.41) is 1.26. The summed E-state index contributed by atoms with van der Waals surface area (Å²) in [5.41, 5.74) is 4.95. The molecule has 150 valence electrons. The van der Waals surface area contributed by atoms with Crippen LogP contribution in [0.1, 0.15) is 12.5 Å². The maximum Gasteiger partial charge on any atom is 0.270 e. The minimum Gasteiger partial charge on any atom is -1.00 e. The molecule has 0 aliphatic rings. The summed E-state index contributed by atoms with van der Waals surface area (Å²) in [6, 6.07) is 25.8. The smallest absolute Gasteiger partial charge is 0.270 e. The number of hydrogen-bond donors (Lipinski definition) is 0. The fourth-order valence-electron chi connectivity index (χ4n) is 3.36. The number of anilines is 1. The van der Waals surface area contributed by atoms with Crippen molar-refractivity contribution in [1.29, 1.82) is 0 Å². The molecule has 4 aromatic rings. The first-order chi connectivity index (χ1) is 13.7. The largest absolute Gasteiger partial charge is 1.00 e. The molecular formula is C24H25ClN2OS. The number of nitrogens with zero attached hydrogens (tertiary/aromatic N) is 2. The van der Waals surface area contributed by atoms with Crippen molar-refractivity contribution in [1.82, 2.24) is 0 Å². The van der Waals surface area contributed by atoms with E-state index in [0.717, 1.165) is 12.3 Å². The number of aromatic nitrogens is 1. The molecule has 4 rings (SSSR count). The SMILES string of the molecule is CCOc1ccc2sc(-c3ccc(N(C)C)cc3)[n+](Cc3ccccc3)c2c1.[Cl-]. The van der Waals surface area contributed by atoms with Gasteiger partial charge in [0.05, 0.1) is 18.2 Å². The maximum absolute atomic E-state index is 5.76. The maximum atomic E-state index is 5.76. The average molecular weight is 425 g/mol. The molecule has 0 fully saturated rings. The minimum atomic E-state index is 0. The van der Waals surface area contributed by atoms with Crippen LogP contribution in [0.5, 0.6) is 5.75 Å². The molecule has 0 unspecified atom stereocenters. The van der Waals surface area contributed by atoms with Gasteiger partial charge in [-0.05, 0) is 43.3 Å². The number of halogens is 1. The quantitative estimate of drug-likeness (QED) is 0.442. The summed E-state index contributed by atoms with van der Waals surface area (Å²) in [6.07, 6.45) is 0. The third-order valence-electron chi connectivity index (χ3n) is 4.80. The van der Waals surface area contributed by atoms with Crippen molar-refractivity contribution in [3.05, 3.63) is 78.4 Å². The van der Waals surface area contributed by atoms with Crippen molar-refractivity contribution in [2.45, 2.75) is 13.5 Å². The topological polar surface area (TPSA) is 16.4 Å². The Bertz CT molecular complexity index is 1080. The lowest BCUT2D eigenvalue weighted by Gasteiger charge is -2.11. The zero-order valence-corrected chi connectivity index (χ0v) is 18.5. The van der Waals surface area contributed by atoms with Crippen molar-refractivity contribution < 1.29 is 21.7 Å². The van der Waals surface area contributed by atoms with Crippen LogP contribution < -0.4 is 26.6 Å². The second-order valence-corrected chi connectivity index (χ2v) is 8.01. The molecule has 1 heterocycles. The highest BCUT2D eigenvalue weighted by Gasteiger charge is 2.23. The Morgan fingerprint density at radius 3 is 2.31 bits per heavy atom. The molecule has 0 saturated carbocycles. The van der Waals surface area contributed by atoms with Gasteiger partial charge in [0.15, 0.2) is 6.54 Å². The van der Waals surface area contributed by atoms with Crippen LogP contribution in [0.2, 0.25) is 0 Å². The Morgan fingerprint density at radius 2 is 1.66 bits per heavy atom. The first-order valence-corrected chi connectivity index (χ1v) is 10.4. The molecule has 0 atom stereocenters. The van der Waals surface area contributed by atoms with Crippen molar-refractivity contribution in [3.8, 4) is 16.3 Å². The third kappa shape index (κ3) is 4.55. The number of hydrogen-bond acceptors (Lipinski definition) is 3. The van der Waals surface area contributed by atoms with Gasteiger partial charge < -0.3 is 22.0 Å². The van der Waals surface area contributed by atoms with Gasteiger partial charge in [-0.25, -0.2) is 0 Å². The second-order valence-electron chi connectivity index (χ2n) is 6.98. The van der Waals surface area contributed by atoms with Crippen LogP contribution in [0.15, 0.2) is 72.8 Å². The normalized spacial score (nSPS) is 10.6. The van der Waals surface area contributed by atoms with E-state index in [1.807, 2.05) is 18.3 Å². The first kappa shape index (κ1) is 21.2. The van der Waals surface area contributed by atoms with Crippen molar-refractivity contribution >= 4 is 27.2 Å². The summed E-state index contributed by atoms with van der Waals surface area (Å²) in [7, 11) is 4.14. The van der Waals surface area contributed by atoms with E-state index in [2.05, 4.69) is 96.4 Å². The highest BCUT2D eigenvalue weighted by atomic mass is 35.5. The number of thiazole rings is 1. The number of ether oxygens (including phenoxy) is 1. The molecule has 3 aromatic carbocycles. The molecule has 0 radical (unpaired) electrons. The molecule has 1 aromatic heterocycles. The molecule has 0 amide bonds. The highest BCUT2D eigenvalue weighted by Crippen LogP contribution is 2.32. The number of rotatable bonds is 6. The predicted octanol–water partition coefficient (Wildman–Crippen LogP) is 2.37. The van der Waals surface area contributed by atoms with E-state index in [-0.39, 0.29) is 12.4 Å². The molecule has 29 heavy (non-hydrogen) atoms. The lowest BCUT2D eigenvalue weighted by molar-refractivity contribution is -0.647. The van der Waals surface area contributed by atoms with Crippen LogP contribution in [0.4, 0.5) is 5.69 Å². The third-order valence-corrected chi connectivity index (χ3v) is 6.01. The Hall–Kier alpha value is -2.56. The van der Waals surface area contributed by atoms with Gasteiger partial charge >= 0.3 is 0 Å². The van der Waals surface area contributed by atoms with E-state index in [1.54, 1.807) is 0 Å². The van der Waals surface area contributed by atoms with Crippen molar-refractivity contribution in [2.75, 3.05) is 25.6 Å². The van der Waals surface area contributed by atoms with E-state index in [0.29, 0.717) is 6.61 Å². The molecule has 0 aliphatic carbocycles. The number of benzene rings is 3. The number of fused-ring (bicyclic) bond motifs is 1. The standard InChI is InChI=1S/C24H25N2OS.ClH/c1-4-27-21-14-15-23-22(16-21)26(17-18-8-6-5-7-9-18)24(28-23)19-10-12-20(13-11-19)25(2)3;/h5-16H,4,17H2,1-3H3;1H/q+1;/p-1. The second kappa shape index (κ2) is 9.29. The van der Waals surface area contributed by atoms with Gasteiger partial charge in [-0.1, -0.05) is 41.7 Å². The van der Waals surface area contributed by atoms with Gasteiger partial charge in [0.2, 0.25) is 5.52 Å². The molecule has 0 spiro atoms. The fourth-order valence-corrected chi connectivity index (χ4v) is 4.50. The Balaban J connectivity index is 0.00000240. The predicted molar refractivity (Wildman–Crippen MR) is 118 cm³/mol. The molecule has 0 saturated heterocycles. The van der Waals surface area contributed by atoms with Gasteiger partial charge in [-0.2, -0.15) is 4.57 Å². The van der Waals surface area contributed by atoms with Crippen molar-refractivity contribution in [2.24, 2.45) is 0 Å². The molecule has 0 N–H and O–H groups in total. The van der Waals surface area contributed by atoms with E-state index < -0.39 is 0 Å². The summed E-state index contributed by atoms with van der Waals surface area (Å²) in [6.45, 7) is 3.53. The zero-order chi connectivity index (χ0) is 19.5. The zero-order valence-electron chi connectivity index (χ0n) is 16.9. The lowest BCUT2D eigenvalue weighted by Crippen LogP contribution is -3.00. The van der Waals surface area contributed by atoms with Gasteiger partial charge in [-0.3, -0.25) is 0 Å². The summed E-state index contributed by atoms with van der Waals surface area (Å²) < 4.78 is 9.44. The van der Waals surface area contributed by atoms with Crippen LogP contribution >= 0.6 is 11.3 Å². The summed E-state index contributed by atoms with van der Waals surface area (Å²) in [4.78, 5) is 2.13. The molecular weight excluding hydrogens is 400 g/mol. The van der Waals surface area contributed by atoms with Gasteiger partial charge in [0, 0.05) is 25.3 Å². The van der Waals surface area contributed by atoms with Crippen molar-refractivity contribution in [3.63, 3.8) is 0 Å². The van der Waals surface area contributed by atoms with E-state index in [4.69, 9.17) is 4.74 Å². The minimum absolute atomic E-state index is 0. The lowest BCUT2D eigenvalue weighted by atomic mass is 10.2. The Labute approximate surface area is 182 Å². The Kier molecular flexibility index (Phi) is 6.78. The van der Waals surface area contributed by atoms with Crippen LogP contribution in [-0.2, 0) is 6.54 Å². The molecule has 0 bridgehead atoms. The summed E-state index contributed by atoms with van der Waals surface area (Å²) in [5.74, 6) is 0.920. The Morgan fingerprint density at radius 1 is 0.931 bits per heavy atom. The monoisotopic (exact) mass is 424 g/mol. The molecule has 0 aliphatic heterocycles. The molecule has 3 nitrogen and oxygen atoms in total. The fraction of sp³-hybridized carbons (Fsp3) is 0.208. The average Bonchev–Trinajstić information content (AvgIpc) is 3.07.